The van der Waals surface area contributed by atoms with E-state index in [2.05, 4.69) is 15.3 Å². The van der Waals surface area contributed by atoms with E-state index >= 15 is 0 Å². The molecule has 1 heterocycles. The third-order valence-electron chi connectivity index (χ3n) is 2.32. The summed E-state index contributed by atoms with van der Waals surface area (Å²) in [4.78, 5) is 7.69. The van der Waals surface area contributed by atoms with Crippen LogP contribution in [-0.2, 0) is 12.7 Å². The topological polar surface area (TPSA) is 37.8 Å². The van der Waals surface area contributed by atoms with Crippen LogP contribution >= 0.6 is 0 Å². The Hall–Kier alpha value is -2.11. The lowest BCUT2D eigenvalue weighted by molar-refractivity contribution is -0.137. The minimum Gasteiger partial charge on any atom is -0.381 e. The van der Waals surface area contributed by atoms with Crippen molar-refractivity contribution in [1.82, 2.24) is 9.97 Å². The zero-order valence-corrected chi connectivity index (χ0v) is 9.28. The second-order valence-electron chi connectivity index (χ2n) is 3.68. The molecule has 2 aromatic rings. The van der Waals surface area contributed by atoms with Crippen molar-refractivity contribution >= 4 is 5.69 Å². The van der Waals surface area contributed by atoms with Crippen molar-refractivity contribution in [3.8, 4) is 0 Å². The SMILES string of the molecule is FC(F)(F)c1ccc(NCc2cncnc2)cc1. The molecule has 1 aromatic carbocycles. The number of aromatic nitrogens is 2. The Morgan fingerprint density at radius 1 is 1.00 bits per heavy atom. The Kier molecular flexibility index (Phi) is 3.45. The molecule has 94 valence electrons. The van der Waals surface area contributed by atoms with Crippen molar-refractivity contribution < 1.29 is 13.2 Å². The fraction of sp³-hybridized carbons (Fsp3) is 0.167. The summed E-state index contributed by atoms with van der Waals surface area (Å²) in [6, 6.07) is 4.88. The molecule has 0 amide bonds. The highest BCUT2D eigenvalue weighted by atomic mass is 19.4. The maximum absolute atomic E-state index is 12.3. The summed E-state index contributed by atoms with van der Waals surface area (Å²) >= 11 is 0. The van der Waals surface area contributed by atoms with E-state index in [-0.39, 0.29) is 0 Å². The zero-order valence-electron chi connectivity index (χ0n) is 9.28. The van der Waals surface area contributed by atoms with Gasteiger partial charge in [-0.05, 0) is 24.3 Å². The lowest BCUT2D eigenvalue weighted by Crippen LogP contribution is -2.05. The van der Waals surface area contributed by atoms with Gasteiger partial charge in [0.15, 0.2) is 0 Å². The summed E-state index contributed by atoms with van der Waals surface area (Å²) in [7, 11) is 0. The van der Waals surface area contributed by atoms with Gasteiger partial charge in [-0.15, -0.1) is 0 Å². The van der Waals surface area contributed by atoms with Crippen LogP contribution in [0.2, 0.25) is 0 Å². The quantitative estimate of drug-likeness (QED) is 0.913. The van der Waals surface area contributed by atoms with Gasteiger partial charge in [0.1, 0.15) is 6.33 Å². The predicted molar refractivity (Wildman–Crippen MR) is 60.8 cm³/mol. The molecular weight excluding hydrogens is 243 g/mol. The number of alkyl halides is 3. The van der Waals surface area contributed by atoms with E-state index in [1.54, 1.807) is 12.4 Å². The number of halogens is 3. The van der Waals surface area contributed by atoms with Crippen molar-refractivity contribution in [2.75, 3.05) is 5.32 Å². The summed E-state index contributed by atoms with van der Waals surface area (Å²) in [5.74, 6) is 0. The van der Waals surface area contributed by atoms with Gasteiger partial charge in [-0.1, -0.05) is 0 Å². The van der Waals surface area contributed by atoms with Gasteiger partial charge in [-0.2, -0.15) is 13.2 Å². The molecule has 0 spiro atoms. The van der Waals surface area contributed by atoms with Crippen LogP contribution in [-0.4, -0.2) is 9.97 Å². The normalized spacial score (nSPS) is 11.3. The van der Waals surface area contributed by atoms with Gasteiger partial charge in [-0.25, -0.2) is 9.97 Å². The third kappa shape index (κ3) is 3.19. The summed E-state index contributed by atoms with van der Waals surface area (Å²) in [6.45, 7) is 0.464. The largest absolute Gasteiger partial charge is 0.416 e. The monoisotopic (exact) mass is 253 g/mol. The first kappa shape index (κ1) is 12.3. The summed E-state index contributed by atoms with van der Waals surface area (Å²) < 4.78 is 37.0. The molecule has 0 unspecified atom stereocenters. The van der Waals surface area contributed by atoms with Gasteiger partial charge in [-0.3, -0.25) is 0 Å². The predicted octanol–water partition coefficient (Wildman–Crippen LogP) is 3.11. The van der Waals surface area contributed by atoms with E-state index in [1.807, 2.05) is 0 Å². The van der Waals surface area contributed by atoms with Crippen LogP contribution in [0.4, 0.5) is 18.9 Å². The van der Waals surface area contributed by atoms with E-state index in [9.17, 15) is 13.2 Å². The molecule has 3 nitrogen and oxygen atoms in total. The van der Waals surface area contributed by atoms with Gasteiger partial charge in [0.25, 0.3) is 0 Å². The zero-order chi connectivity index (χ0) is 13.0. The molecule has 0 fully saturated rings. The van der Waals surface area contributed by atoms with E-state index in [4.69, 9.17) is 0 Å². The molecule has 0 aliphatic carbocycles. The number of hydrogen-bond acceptors (Lipinski definition) is 3. The Bertz CT molecular complexity index is 494. The number of rotatable bonds is 3. The maximum atomic E-state index is 12.3. The number of anilines is 1. The van der Waals surface area contributed by atoms with Crippen LogP contribution in [0.15, 0.2) is 43.0 Å². The van der Waals surface area contributed by atoms with E-state index < -0.39 is 11.7 Å². The van der Waals surface area contributed by atoms with Gasteiger partial charge in [0.2, 0.25) is 0 Å². The first-order chi connectivity index (χ1) is 8.55. The lowest BCUT2D eigenvalue weighted by atomic mass is 10.2. The van der Waals surface area contributed by atoms with E-state index in [1.165, 1.54) is 18.5 Å². The van der Waals surface area contributed by atoms with Crippen molar-refractivity contribution in [3.05, 3.63) is 54.1 Å². The highest BCUT2D eigenvalue weighted by Gasteiger charge is 2.29. The minimum absolute atomic E-state index is 0.464. The molecule has 6 heteroatoms. The number of nitrogens with one attached hydrogen (secondary N) is 1. The fourth-order valence-electron chi connectivity index (χ4n) is 1.40. The molecule has 0 radical (unpaired) electrons. The molecule has 1 aromatic heterocycles. The maximum Gasteiger partial charge on any atom is 0.416 e. The van der Waals surface area contributed by atoms with Crippen LogP contribution < -0.4 is 5.32 Å². The Morgan fingerprint density at radius 3 is 2.17 bits per heavy atom. The lowest BCUT2D eigenvalue weighted by Gasteiger charge is -2.09. The van der Waals surface area contributed by atoms with Crippen molar-refractivity contribution in [3.63, 3.8) is 0 Å². The fourth-order valence-corrected chi connectivity index (χ4v) is 1.40. The second-order valence-corrected chi connectivity index (χ2v) is 3.68. The number of nitrogens with zero attached hydrogens (tertiary/aromatic N) is 2. The van der Waals surface area contributed by atoms with Crippen LogP contribution in [0, 0.1) is 0 Å². The van der Waals surface area contributed by atoms with Crippen molar-refractivity contribution in [2.45, 2.75) is 12.7 Å². The second kappa shape index (κ2) is 5.03. The van der Waals surface area contributed by atoms with Crippen LogP contribution in [0.3, 0.4) is 0 Å². The first-order valence-corrected chi connectivity index (χ1v) is 5.21. The van der Waals surface area contributed by atoms with E-state index in [0.29, 0.717) is 12.2 Å². The number of hydrogen-bond donors (Lipinski definition) is 1. The van der Waals surface area contributed by atoms with Crippen LogP contribution in [0.1, 0.15) is 11.1 Å². The molecule has 0 saturated heterocycles. The molecule has 0 saturated carbocycles. The smallest absolute Gasteiger partial charge is 0.381 e. The van der Waals surface area contributed by atoms with Gasteiger partial charge in [0, 0.05) is 30.2 Å². The first-order valence-electron chi connectivity index (χ1n) is 5.21. The summed E-state index contributed by atoms with van der Waals surface area (Å²) in [5, 5.41) is 2.99. The Morgan fingerprint density at radius 2 is 1.61 bits per heavy atom. The molecule has 0 atom stereocenters. The van der Waals surface area contributed by atoms with Gasteiger partial charge < -0.3 is 5.32 Å². The molecular formula is C12H10F3N3. The van der Waals surface area contributed by atoms with Crippen molar-refractivity contribution in [1.29, 1.82) is 0 Å². The summed E-state index contributed by atoms with van der Waals surface area (Å²) in [6.07, 6.45) is 0.404. The molecule has 1 N–H and O–H groups in total. The minimum atomic E-state index is -4.30. The Balaban J connectivity index is 1.99. The number of benzene rings is 1. The Labute approximate surface area is 102 Å². The molecule has 0 aliphatic heterocycles. The standard InChI is InChI=1S/C12H10F3N3/c13-12(14,15)10-1-3-11(4-2-10)18-7-9-5-16-8-17-6-9/h1-6,8,18H,7H2. The molecule has 0 aliphatic rings. The highest BCUT2D eigenvalue weighted by Crippen LogP contribution is 2.29. The molecule has 18 heavy (non-hydrogen) atoms. The van der Waals surface area contributed by atoms with E-state index in [0.717, 1.165) is 17.7 Å². The third-order valence-corrected chi connectivity index (χ3v) is 2.32. The van der Waals surface area contributed by atoms with Gasteiger partial charge in [0.05, 0.1) is 5.56 Å². The molecule has 0 bridgehead atoms. The van der Waals surface area contributed by atoms with Gasteiger partial charge >= 0.3 is 6.18 Å². The van der Waals surface area contributed by atoms with Crippen LogP contribution in [0.25, 0.3) is 0 Å². The molecule has 2 rings (SSSR count). The highest BCUT2D eigenvalue weighted by molar-refractivity contribution is 5.45. The van der Waals surface area contributed by atoms with Crippen LogP contribution in [0.5, 0.6) is 0 Å². The average molecular weight is 253 g/mol. The van der Waals surface area contributed by atoms with Crippen molar-refractivity contribution in [2.24, 2.45) is 0 Å². The average Bonchev–Trinajstić information content (AvgIpc) is 2.37. The summed E-state index contributed by atoms with van der Waals surface area (Å²) in [5.41, 5.74) is 0.820.